The zero-order valence-corrected chi connectivity index (χ0v) is 22.5. The van der Waals surface area contributed by atoms with Crippen molar-refractivity contribution in [2.24, 2.45) is 5.73 Å². The van der Waals surface area contributed by atoms with E-state index in [1.54, 1.807) is 24.3 Å². The van der Waals surface area contributed by atoms with Gasteiger partial charge in [0.25, 0.3) is 5.91 Å². The molecular formula is C30H29N7O4. The number of ether oxygens (including phenoxy) is 1. The number of nitrogens with one attached hydrogen (secondary N) is 4. The van der Waals surface area contributed by atoms with Crippen molar-refractivity contribution in [3.8, 4) is 16.9 Å². The predicted molar refractivity (Wildman–Crippen MR) is 154 cm³/mol. The van der Waals surface area contributed by atoms with Crippen molar-refractivity contribution in [3.05, 3.63) is 101 Å². The van der Waals surface area contributed by atoms with Crippen LogP contribution in [0.1, 0.15) is 62.5 Å². The molecule has 0 spiro atoms. The van der Waals surface area contributed by atoms with Gasteiger partial charge in [0.1, 0.15) is 17.9 Å². The first-order valence-electron chi connectivity index (χ1n) is 12.9. The zero-order valence-electron chi connectivity index (χ0n) is 22.5. The van der Waals surface area contributed by atoms with E-state index in [9.17, 15) is 14.7 Å². The Labute approximate surface area is 235 Å². The van der Waals surface area contributed by atoms with Crippen LogP contribution in [0.4, 0.5) is 0 Å². The molecule has 0 saturated carbocycles. The smallest absolute Gasteiger partial charge is 0.336 e. The molecule has 7 N–H and O–H groups in total. The molecule has 0 aliphatic heterocycles. The number of methoxy groups -OCH3 is 1. The van der Waals surface area contributed by atoms with Crippen LogP contribution < -0.4 is 15.8 Å². The Morgan fingerprint density at radius 2 is 1.88 bits per heavy atom. The number of hydrogen-bond donors (Lipinski definition) is 6. The molecule has 5 rings (SSSR count). The number of carbonyl (C=O) groups is 2. The van der Waals surface area contributed by atoms with Crippen LogP contribution in [0.25, 0.3) is 22.0 Å². The monoisotopic (exact) mass is 551 g/mol. The molecule has 1 atom stereocenters. The molecule has 11 heteroatoms. The summed E-state index contributed by atoms with van der Waals surface area (Å²) in [4.78, 5) is 32.8. The van der Waals surface area contributed by atoms with Gasteiger partial charge < -0.3 is 25.9 Å². The minimum atomic E-state index is -1.11. The first-order valence-corrected chi connectivity index (χ1v) is 12.9. The largest absolute Gasteiger partial charge is 0.497 e. The molecule has 41 heavy (non-hydrogen) atoms. The molecule has 2 heterocycles. The molecular weight excluding hydrogens is 522 g/mol. The van der Waals surface area contributed by atoms with Gasteiger partial charge in [0.15, 0.2) is 5.82 Å². The van der Waals surface area contributed by atoms with Gasteiger partial charge in [-0.1, -0.05) is 25.1 Å². The lowest BCUT2D eigenvalue weighted by Gasteiger charge is -2.21. The van der Waals surface area contributed by atoms with Crippen LogP contribution in [-0.4, -0.2) is 50.1 Å². The van der Waals surface area contributed by atoms with Gasteiger partial charge in [-0.05, 0) is 65.1 Å². The van der Waals surface area contributed by atoms with Crippen molar-refractivity contribution >= 4 is 28.6 Å². The molecule has 1 amide bonds. The van der Waals surface area contributed by atoms with Crippen molar-refractivity contribution in [2.75, 3.05) is 7.11 Å². The summed E-state index contributed by atoms with van der Waals surface area (Å²) in [7, 11) is 1.48. The molecule has 2 aromatic heterocycles. The normalized spacial score (nSPS) is 11.8. The fraction of sp³-hybridized carbons (Fsp3) is 0.167. The summed E-state index contributed by atoms with van der Waals surface area (Å²) in [6, 6.07) is 15.8. The van der Waals surface area contributed by atoms with Gasteiger partial charge in [-0.15, -0.1) is 0 Å². The highest BCUT2D eigenvalue weighted by Gasteiger charge is 2.24. The molecule has 1 unspecified atom stereocenters. The quantitative estimate of drug-likeness (QED) is 0.110. The number of aromatic carboxylic acids is 1. The van der Waals surface area contributed by atoms with Crippen LogP contribution in [0.5, 0.6) is 5.75 Å². The Bertz CT molecular complexity index is 1760. The summed E-state index contributed by atoms with van der Waals surface area (Å²) in [6.07, 6.45) is 4.06. The number of carboxylic acid groups (broad SMARTS) is 1. The zero-order chi connectivity index (χ0) is 29.1. The average Bonchev–Trinajstić information content (AvgIpc) is 3.66. The van der Waals surface area contributed by atoms with Gasteiger partial charge >= 0.3 is 5.97 Å². The lowest BCUT2D eigenvalue weighted by Crippen LogP contribution is -2.23. The summed E-state index contributed by atoms with van der Waals surface area (Å²) in [5.74, 6) is -0.757. The second-order valence-electron chi connectivity index (χ2n) is 9.50. The minimum Gasteiger partial charge on any atom is -0.497 e. The van der Waals surface area contributed by atoms with E-state index in [0.717, 1.165) is 22.0 Å². The Hall–Kier alpha value is -5.45. The molecule has 0 aliphatic rings. The second-order valence-corrected chi connectivity index (χ2v) is 9.50. The highest BCUT2D eigenvalue weighted by atomic mass is 16.5. The van der Waals surface area contributed by atoms with Crippen LogP contribution in [0.3, 0.4) is 0 Å². The molecule has 3 aromatic carbocycles. The predicted octanol–water partition coefficient (Wildman–Crippen LogP) is 4.42. The summed E-state index contributed by atoms with van der Waals surface area (Å²) in [6.45, 7) is 2.19. The number of nitrogens with zero attached hydrogens (tertiary/aromatic N) is 2. The number of benzene rings is 3. The van der Waals surface area contributed by atoms with Gasteiger partial charge in [-0.25, -0.2) is 9.78 Å². The average molecular weight is 552 g/mol. The van der Waals surface area contributed by atoms with E-state index < -0.39 is 5.97 Å². The third-order valence-electron chi connectivity index (χ3n) is 7.12. The molecule has 0 fully saturated rings. The number of amidine groups is 1. The van der Waals surface area contributed by atoms with Gasteiger partial charge in [-0.2, -0.15) is 5.10 Å². The Morgan fingerprint density at radius 1 is 1.07 bits per heavy atom. The van der Waals surface area contributed by atoms with Crippen molar-refractivity contribution in [3.63, 3.8) is 0 Å². The first-order chi connectivity index (χ1) is 19.8. The molecule has 5 aromatic rings. The number of amides is 1. The first kappa shape index (κ1) is 27.1. The maximum absolute atomic E-state index is 13.1. The Balaban J connectivity index is 1.65. The van der Waals surface area contributed by atoms with Crippen molar-refractivity contribution in [1.82, 2.24) is 25.5 Å². The SMILES string of the molecule is CCC(c1ccc(C(=O)NCc2nc[nH]n2)cc1-c1ccc(OC)cc1C(=O)O)c1c[nH]c2cc(C(=N)N)ccc12. The number of H-pyrrole nitrogens is 2. The van der Waals surface area contributed by atoms with Crippen LogP contribution >= 0.6 is 0 Å². The van der Waals surface area contributed by atoms with Crippen molar-refractivity contribution in [2.45, 2.75) is 25.8 Å². The third-order valence-corrected chi connectivity index (χ3v) is 7.12. The van der Waals surface area contributed by atoms with E-state index in [1.807, 2.05) is 30.5 Å². The maximum Gasteiger partial charge on any atom is 0.336 e. The van der Waals surface area contributed by atoms with Crippen LogP contribution in [0.15, 0.2) is 67.1 Å². The molecule has 0 saturated heterocycles. The highest BCUT2D eigenvalue weighted by molar-refractivity contribution is 6.01. The number of aromatic nitrogens is 4. The number of fused-ring (bicyclic) bond motifs is 1. The lowest BCUT2D eigenvalue weighted by atomic mass is 9.82. The number of nitrogen functional groups attached to an aromatic ring is 1. The summed E-state index contributed by atoms with van der Waals surface area (Å²) in [5.41, 5.74) is 10.5. The number of aromatic amines is 2. The lowest BCUT2D eigenvalue weighted by molar-refractivity contribution is 0.0697. The van der Waals surface area contributed by atoms with Gasteiger partial charge in [0.05, 0.1) is 19.2 Å². The van der Waals surface area contributed by atoms with Gasteiger partial charge in [0, 0.05) is 34.1 Å². The number of carboxylic acids is 1. The van der Waals surface area contributed by atoms with E-state index in [2.05, 4.69) is 32.4 Å². The Kier molecular flexibility index (Phi) is 7.51. The molecule has 0 aliphatic carbocycles. The summed E-state index contributed by atoms with van der Waals surface area (Å²) >= 11 is 0. The van der Waals surface area contributed by atoms with Crippen LogP contribution in [-0.2, 0) is 6.54 Å². The summed E-state index contributed by atoms with van der Waals surface area (Å²) < 4.78 is 5.29. The topological polar surface area (TPSA) is 183 Å². The van der Waals surface area contributed by atoms with Gasteiger partial charge in [-0.3, -0.25) is 15.3 Å². The van der Waals surface area contributed by atoms with E-state index in [1.165, 1.54) is 19.5 Å². The van der Waals surface area contributed by atoms with E-state index in [4.69, 9.17) is 15.9 Å². The highest BCUT2D eigenvalue weighted by Crippen LogP contribution is 2.40. The third kappa shape index (κ3) is 5.37. The number of carbonyl (C=O) groups excluding carboxylic acids is 1. The fourth-order valence-corrected chi connectivity index (χ4v) is 5.09. The van der Waals surface area contributed by atoms with E-state index in [-0.39, 0.29) is 29.8 Å². The molecule has 208 valence electrons. The van der Waals surface area contributed by atoms with Crippen LogP contribution in [0, 0.1) is 5.41 Å². The van der Waals surface area contributed by atoms with Gasteiger partial charge in [0.2, 0.25) is 0 Å². The minimum absolute atomic E-state index is 0.0185. The van der Waals surface area contributed by atoms with Crippen LogP contribution in [0.2, 0.25) is 0 Å². The molecule has 0 bridgehead atoms. The summed E-state index contributed by atoms with van der Waals surface area (Å²) in [5, 5.41) is 28.2. The number of hydrogen-bond acceptors (Lipinski definition) is 6. The second kappa shape index (κ2) is 11.3. The fourth-order valence-electron chi connectivity index (χ4n) is 5.09. The van der Waals surface area contributed by atoms with Crippen molar-refractivity contribution < 1.29 is 19.4 Å². The standard InChI is InChI=1S/C30H29N7O4/c1-3-19(25-13-33-26-11-16(28(31)32)4-8-22(25)26)20-7-5-17(29(38)34-14-27-35-15-36-37-27)10-23(20)21-9-6-18(41-2)12-24(21)30(39)40/h4-13,15,19,33H,3,14H2,1-2H3,(H3,31,32)(H,34,38)(H,39,40)(H,35,36,37). The van der Waals surface area contributed by atoms with E-state index in [0.29, 0.717) is 40.2 Å². The Morgan fingerprint density at radius 3 is 2.56 bits per heavy atom. The molecule has 0 radical (unpaired) electrons. The maximum atomic E-state index is 13.1. The van der Waals surface area contributed by atoms with E-state index >= 15 is 0 Å². The molecule has 11 nitrogen and oxygen atoms in total. The van der Waals surface area contributed by atoms with Crippen molar-refractivity contribution in [1.29, 1.82) is 5.41 Å². The number of rotatable bonds is 10. The number of nitrogens with two attached hydrogens (primary N) is 1.